The van der Waals surface area contributed by atoms with Gasteiger partial charge in [-0.25, -0.2) is 4.39 Å². The van der Waals surface area contributed by atoms with Gasteiger partial charge in [0.1, 0.15) is 11.9 Å². The maximum atomic E-state index is 13.9. The van der Waals surface area contributed by atoms with Crippen molar-refractivity contribution in [3.05, 3.63) is 70.1 Å². The van der Waals surface area contributed by atoms with Gasteiger partial charge < -0.3 is 14.8 Å². The van der Waals surface area contributed by atoms with Gasteiger partial charge in [-0.05, 0) is 61.6 Å². The summed E-state index contributed by atoms with van der Waals surface area (Å²) < 4.78 is 13.9. The molecule has 1 aromatic heterocycles. The highest BCUT2D eigenvalue weighted by atomic mass is 35.5. The lowest BCUT2D eigenvalue weighted by molar-refractivity contribution is -0.136. The fraction of sp³-hybridized carbons (Fsp3) is 0.407. The molecule has 3 heterocycles. The number of carbonyl (C=O) groups excluding carboxylic acids is 2. The van der Waals surface area contributed by atoms with E-state index in [-0.39, 0.29) is 23.7 Å². The molecule has 1 aliphatic carbocycles. The number of nitrogens with one attached hydrogen (secondary N) is 1. The molecule has 34 heavy (non-hydrogen) atoms. The van der Waals surface area contributed by atoms with E-state index in [9.17, 15) is 14.0 Å². The quantitative estimate of drug-likeness (QED) is 0.541. The molecule has 3 aromatic rings. The Bertz CT molecular complexity index is 1290. The Hall–Kier alpha value is -2.86. The van der Waals surface area contributed by atoms with Crippen LogP contribution < -0.4 is 0 Å². The summed E-state index contributed by atoms with van der Waals surface area (Å²) in [5.41, 5.74) is 3.48. The number of aromatic amines is 1. The van der Waals surface area contributed by atoms with Crippen molar-refractivity contribution in [2.24, 2.45) is 5.92 Å². The van der Waals surface area contributed by atoms with E-state index < -0.39 is 6.04 Å². The average molecular weight is 480 g/mol. The zero-order chi connectivity index (χ0) is 23.4. The molecular formula is C27H27ClFN3O2. The van der Waals surface area contributed by atoms with Crippen molar-refractivity contribution in [2.45, 2.75) is 57.2 Å². The van der Waals surface area contributed by atoms with Crippen LogP contribution in [-0.2, 0) is 17.8 Å². The molecule has 2 amide bonds. The number of rotatable bonds is 2. The molecule has 7 heteroatoms. The Labute approximate surface area is 202 Å². The number of likely N-dealkylation sites (tertiary alicyclic amines) is 1. The van der Waals surface area contributed by atoms with Crippen LogP contribution in [0.2, 0.25) is 5.02 Å². The summed E-state index contributed by atoms with van der Waals surface area (Å²) >= 11 is 6.17. The molecule has 176 valence electrons. The Kier molecular flexibility index (Phi) is 5.36. The van der Waals surface area contributed by atoms with Gasteiger partial charge in [0.2, 0.25) is 5.91 Å². The summed E-state index contributed by atoms with van der Waals surface area (Å²) in [6.07, 6.45) is 5.62. The number of nitrogens with zero attached hydrogens (tertiary/aromatic N) is 2. The van der Waals surface area contributed by atoms with Crippen LogP contribution in [0.5, 0.6) is 0 Å². The first-order valence-electron chi connectivity index (χ1n) is 12.2. The highest BCUT2D eigenvalue weighted by Crippen LogP contribution is 2.41. The third-order valence-electron chi connectivity index (χ3n) is 7.93. The summed E-state index contributed by atoms with van der Waals surface area (Å²) in [4.78, 5) is 34.7. The lowest BCUT2D eigenvalue weighted by atomic mass is 9.84. The summed E-state index contributed by atoms with van der Waals surface area (Å²) in [6.45, 7) is 1.02. The summed E-state index contributed by atoms with van der Waals surface area (Å²) in [5.74, 6) is -0.0347. The molecule has 2 fully saturated rings. The summed E-state index contributed by atoms with van der Waals surface area (Å²) in [5, 5.41) is 1.35. The molecule has 1 saturated heterocycles. The van der Waals surface area contributed by atoms with Gasteiger partial charge in [0.05, 0.1) is 0 Å². The van der Waals surface area contributed by atoms with Gasteiger partial charge in [0, 0.05) is 58.3 Å². The molecule has 1 N–H and O–H groups in total. The number of halogens is 2. The van der Waals surface area contributed by atoms with E-state index in [1.807, 2.05) is 9.80 Å². The van der Waals surface area contributed by atoms with Gasteiger partial charge in [0.15, 0.2) is 0 Å². The van der Waals surface area contributed by atoms with E-state index in [2.05, 4.69) is 4.98 Å². The third-order valence-corrected chi connectivity index (χ3v) is 8.16. The first kappa shape index (κ1) is 21.7. The van der Waals surface area contributed by atoms with E-state index >= 15 is 0 Å². The van der Waals surface area contributed by atoms with Gasteiger partial charge >= 0.3 is 0 Å². The van der Waals surface area contributed by atoms with Crippen LogP contribution in [0.15, 0.2) is 42.5 Å². The molecule has 3 atom stereocenters. The van der Waals surface area contributed by atoms with Gasteiger partial charge in [-0.15, -0.1) is 0 Å². The predicted octanol–water partition coefficient (Wildman–Crippen LogP) is 5.32. The maximum Gasteiger partial charge on any atom is 0.254 e. The number of hydrogen-bond acceptors (Lipinski definition) is 2. The minimum Gasteiger partial charge on any atom is -0.358 e. The van der Waals surface area contributed by atoms with Crippen LogP contribution in [0.25, 0.3) is 10.9 Å². The minimum absolute atomic E-state index is 0.00109. The van der Waals surface area contributed by atoms with Crippen molar-refractivity contribution >= 4 is 34.3 Å². The van der Waals surface area contributed by atoms with E-state index in [1.54, 1.807) is 30.3 Å². The Balaban J connectivity index is 1.31. The average Bonchev–Trinajstić information content (AvgIpc) is 3.41. The fourth-order valence-corrected chi connectivity index (χ4v) is 6.52. The second kappa shape index (κ2) is 8.42. The first-order valence-corrected chi connectivity index (χ1v) is 12.5. The molecule has 5 nitrogen and oxygen atoms in total. The molecule has 3 aliphatic rings. The van der Waals surface area contributed by atoms with E-state index in [0.717, 1.165) is 47.8 Å². The first-order chi connectivity index (χ1) is 16.5. The van der Waals surface area contributed by atoms with Crippen LogP contribution in [-0.4, -0.2) is 45.2 Å². The molecule has 6 rings (SSSR count). The number of hydrogen-bond donors (Lipinski definition) is 1. The third kappa shape index (κ3) is 3.59. The van der Waals surface area contributed by atoms with Crippen molar-refractivity contribution in [3.63, 3.8) is 0 Å². The van der Waals surface area contributed by atoms with Crippen molar-refractivity contribution in [1.82, 2.24) is 14.8 Å². The van der Waals surface area contributed by atoms with Crippen molar-refractivity contribution in [1.29, 1.82) is 0 Å². The Morgan fingerprint density at radius 2 is 1.94 bits per heavy atom. The van der Waals surface area contributed by atoms with Crippen LogP contribution >= 0.6 is 11.6 Å². The summed E-state index contributed by atoms with van der Waals surface area (Å²) in [6, 6.07) is 11.4. The van der Waals surface area contributed by atoms with Gasteiger partial charge in [-0.2, -0.15) is 0 Å². The monoisotopic (exact) mass is 479 g/mol. The topological polar surface area (TPSA) is 56.4 Å². The summed E-state index contributed by atoms with van der Waals surface area (Å²) in [7, 11) is 0. The van der Waals surface area contributed by atoms with E-state index in [1.165, 1.54) is 12.1 Å². The van der Waals surface area contributed by atoms with Gasteiger partial charge in [0.25, 0.3) is 5.91 Å². The molecule has 0 radical (unpaired) electrons. The molecule has 0 bridgehead atoms. The normalized spacial score (nSPS) is 24.2. The molecule has 0 spiro atoms. The number of H-pyrrole nitrogens is 1. The SMILES string of the molecule is O=C([C@@H]1C[C@@H]2CCCC[C@@H]2N1C(=O)c1cccc(Cl)c1)N1CCc2[nH]c3ccc(F)cc3c2C1. The zero-order valence-electron chi connectivity index (χ0n) is 18.9. The second-order valence-electron chi connectivity index (χ2n) is 9.87. The molecule has 2 aromatic carbocycles. The molecule has 0 unspecified atom stereocenters. The fourth-order valence-electron chi connectivity index (χ4n) is 6.33. The number of carbonyl (C=O) groups is 2. The number of amides is 2. The number of benzene rings is 2. The van der Waals surface area contributed by atoms with Crippen molar-refractivity contribution in [3.8, 4) is 0 Å². The highest BCUT2D eigenvalue weighted by Gasteiger charge is 2.48. The van der Waals surface area contributed by atoms with Crippen molar-refractivity contribution in [2.75, 3.05) is 6.54 Å². The van der Waals surface area contributed by atoms with Gasteiger partial charge in [-0.1, -0.05) is 30.5 Å². The highest BCUT2D eigenvalue weighted by molar-refractivity contribution is 6.31. The molecular weight excluding hydrogens is 453 g/mol. The van der Waals surface area contributed by atoms with Crippen LogP contribution in [0.1, 0.15) is 53.7 Å². The van der Waals surface area contributed by atoms with Gasteiger partial charge in [-0.3, -0.25) is 9.59 Å². The molecule has 2 aliphatic heterocycles. The van der Waals surface area contributed by atoms with E-state index in [0.29, 0.717) is 42.4 Å². The predicted molar refractivity (Wildman–Crippen MR) is 129 cm³/mol. The maximum absolute atomic E-state index is 13.9. The number of fused-ring (bicyclic) bond motifs is 4. The standard InChI is InChI=1S/C27H27ClFN3O2/c28-18-6-3-5-17(12-18)26(33)32-24-7-2-1-4-16(24)13-25(32)27(34)31-11-10-23-21(15-31)20-14-19(29)8-9-22(20)30-23/h3,5-6,8-9,12,14,16,24-25,30H,1-2,4,7,10-11,13,15H2/t16-,24-,25-/m0/s1. The lowest BCUT2D eigenvalue weighted by Crippen LogP contribution is -2.51. The Morgan fingerprint density at radius 3 is 2.79 bits per heavy atom. The largest absolute Gasteiger partial charge is 0.358 e. The smallest absolute Gasteiger partial charge is 0.254 e. The van der Waals surface area contributed by atoms with E-state index in [4.69, 9.17) is 11.6 Å². The van der Waals surface area contributed by atoms with Crippen LogP contribution in [0.3, 0.4) is 0 Å². The number of aromatic nitrogens is 1. The Morgan fingerprint density at radius 1 is 1.09 bits per heavy atom. The van der Waals surface area contributed by atoms with Crippen molar-refractivity contribution < 1.29 is 14.0 Å². The minimum atomic E-state index is -0.469. The molecule has 1 saturated carbocycles. The van der Waals surface area contributed by atoms with Crippen LogP contribution in [0, 0.1) is 11.7 Å². The lowest BCUT2D eigenvalue weighted by Gasteiger charge is -2.36. The second-order valence-corrected chi connectivity index (χ2v) is 10.3. The van der Waals surface area contributed by atoms with Crippen LogP contribution in [0.4, 0.5) is 4.39 Å². The zero-order valence-corrected chi connectivity index (χ0v) is 19.7.